The molecular weight excluding hydrogens is 378 g/mol. The molecule has 1 N–H and O–H groups in total. The summed E-state index contributed by atoms with van der Waals surface area (Å²) >= 11 is 6.03. The SMILES string of the molecule is Cc1ccccc1C(=O)C(=O)NCC(=O)N1CCN(c2cccc(Cl)c2)CC1. The zero-order valence-electron chi connectivity index (χ0n) is 15.7. The zero-order chi connectivity index (χ0) is 20.1. The van der Waals surface area contributed by atoms with E-state index in [0.29, 0.717) is 36.8 Å². The molecule has 0 unspecified atom stereocenters. The minimum Gasteiger partial charge on any atom is -0.368 e. The van der Waals surface area contributed by atoms with Crippen LogP contribution in [0.5, 0.6) is 0 Å². The summed E-state index contributed by atoms with van der Waals surface area (Å²) in [6, 6.07) is 14.5. The number of rotatable bonds is 5. The van der Waals surface area contributed by atoms with E-state index in [1.807, 2.05) is 24.3 Å². The van der Waals surface area contributed by atoms with Crippen molar-refractivity contribution >= 4 is 34.9 Å². The first kappa shape index (κ1) is 19.9. The van der Waals surface area contributed by atoms with Crippen LogP contribution in [-0.2, 0) is 9.59 Å². The van der Waals surface area contributed by atoms with Crippen LogP contribution >= 0.6 is 11.6 Å². The molecule has 1 aliphatic heterocycles. The number of aryl methyl sites for hydroxylation is 1. The Hall–Kier alpha value is -2.86. The molecule has 0 aliphatic carbocycles. The molecule has 2 amide bonds. The molecule has 1 heterocycles. The molecule has 0 spiro atoms. The van der Waals surface area contributed by atoms with Gasteiger partial charge in [-0.05, 0) is 30.7 Å². The molecule has 0 radical (unpaired) electrons. The number of halogens is 1. The molecule has 0 aromatic heterocycles. The van der Waals surface area contributed by atoms with Gasteiger partial charge < -0.3 is 15.1 Å². The molecule has 6 nitrogen and oxygen atoms in total. The minimum absolute atomic E-state index is 0.187. The monoisotopic (exact) mass is 399 g/mol. The Morgan fingerprint density at radius 2 is 1.71 bits per heavy atom. The molecule has 2 aromatic carbocycles. The summed E-state index contributed by atoms with van der Waals surface area (Å²) in [6.45, 7) is 4.04. The smallest absolute Gasteiger partial charge is 0.292 e. The molecule has 3 rings (SSSR count). The van der Waals surface area contributed by atoms with Crippen LogP contribution in [0, 0.1) is 6.92 Å². The first-order valence-electron chi connectivity index (χ1n) is 9.12. The van der Waals surface area contributed by atoms with Gasteiger partial charge in [-0.15, -0.1) is 0 Å². The van der Waals surface area contributed by atoms with Gasteiger partial charge in [0.25, 0.3) is 5.91 Å². The number of amides is 2. The number of hydrogen-bond acceptors (Lipinski definition) is 4. The molecule has 0 atom stereocenters. The summed E-state index contributed by atoms with van der Waals surface area (Å²) in [7, 11) is 0. The third-order valence-electron chi connectivity index (χ3n) is 4.80. The largest absolute Gasteiger partial charge is 0.368 e. The average molecular weight is 400 g/mol. The first-order valence-corrected chi connectivity index (χ1v) is 9.50. The number of nitrogens with one attached hydrogen (secondary N) is 1. The van der Waals surface area contributed by atoms with Crippen molar-refractivity contribution in [3.63, 3.8) is 0 Å². The Morgan fingerprint density at radius 1 is 1.00 bits per heavy atom. The predicted molar refractivity (Wildman–Crippen MR) is 109 cm³/mol. The van der Waals surface area contributed by atoms with E-state index >= 15 is 0 Å². The van der Waals surface area contributed by atoms with Gasteiger partial charge in [0.15, 0.2) is 0 Å². The summed E-state index contributed by atoms with van der Waals surface area (Å²) in [6.07, 6.45) is 0. The molecule has 28 heavy (non-hydrogen) atoms. The molecule has 0 bridgehead atoms. The molecule has 0 saturated carbocycles. The number of nitrogens with zero attached hydrogens (tertiary/aromatic N) is 2. The van der Waals surface area contributed by atoms with Crippen molar-refractivity contribution in [2.45, 2.75) is 6.92 Å². The van der Waals surface area contributed by atoms with Crippen LogP contribution < -0.4 is 10.2 Å². The van der Waals surface area contributed by atoms with Crippen molar-refractivity contribution in [3.8, 4) is 0 Å². The standard InChI is InChI=1S/C21H22ClN3O3/c1-15-5-2-3-8-18(15)20(27)21(28)23-14-19(26)25-11-9-24(10-12-25)17-7-4-6-16(22)13-17/h2-8,13H,9-12,14H2,1H3,(H,23,28). The summed E-state index contributed by atoms with van der Waals surface area (Å²) in [5.74, 6) is -1.59. The van der Waals surface area contributed by atoms with Crippen LogP contribution in [0.2, 0.25) is 5.02 Å². The molecular formula is C21H22ClN3O3. The summed E-state index contributed by atoms with van der Waals surface area (Å²) < 4.78 is 0. The number of piperazine rings is 1. The lowest BCUT2D eigenvalue weighted by atomic mass is 10.0. The lowest BCUT2D eigenvalue weighted by Crippen LogP contribution is -2.51. The number of ketones is 1. The van der Waals surface area contributed by atoms with Gasteiger partial charge in [0.05, 0.1) is 6.54 Å². The Kier molecular flexibility index (Phi) is 6.31. The van der Waals surface area contributed by atoms with Gasteiger partial charge in [0.2, 0.25) is 11.7 Å². The normalized spacial score (nSPS) is 13.9. The first-order chi connectivity index (χ1) is 13.5. The fraction of sp³-hybridized carbons (Fsp3) is 0.286. The van der Waals surface area contributed by atoms with Gasteiger partial charge in [0.1, 0.15) is 0 Å². The van der Waals surface area contributed by atoms with Gasteiger partial charge >= 0.3 is 0 Å². The van der Waals surface area contributed by atoms with Crippen molar-refractivity contribution in [3.05, 3.63) is 64.7 Å². The van der Waals surface area contributed by atoms with Gasteiger partial charge in [-0.3, -0.25) is 14.4 Å². The van der Waals surface area contributed by atoms with E-state index in [0.717, 1.165) is 11.3 Å². The Bertz CT molecular complexity index is 892. The quantitative estimate of drug-likeness (QED) is 0.618. The van der Waals surface area contributed by atoms with Gasteiger partial charge in [-0.1, -0.05) is 41.9 Å². The van der Waals surface area contributed by atoms with E-state index in [-0.39, 0.29) is 12.5 Å². The second kappa shape index (κ2) is 8.89. The second-order valence-electron chi connectivity index (χ2n) is 6.67. The fourth-order valence-electron chi connectivity index (χ4n) is 3.18. The van der Waals surface area contributed by atoms with Gasteiger partial charge in [-0.25, -0.2) is 0 Å². The van der Waals surface area contributed by atoms with E-state index in [9.17, 15) is 14.4 Å². The second-order valence-corrected chi connectivity index (χ2v) is 7.11. The number of carbonyl (C=O) groups excluding carboxylic acids is 3. The molecule has 146 valence electrons. The summed E-state index contributed by atoms with van der Waals surface area (Å²) in [5.41, 5.74) is 2.10. The topological polar surface area (TPSA) is 69.7 Å². The number of benzene rings is 2. The highest BCUT2D eigenvalue weighted by Crippen LogP contribution is 2.20. The van der Waals surface area contributed by atoms with Crippen LogP contribution in [-0.4, -0.2) is 55.2 Å². The fourth-order valence-corrected chi connectivity index (χ4v) is 3.37. The Morgan fingerprint density at radius 3 is 2.39 bits per heavy atom. The van der Waals surface area contributed by atoms with Crippen LogP contribution in [0.15, 0.2) is 48.5 Å². The molecule has 2 aromatic rings. The molecule has 1 saturated heterocycles. The highest BCUT2D eigenvalue weighted by molar-refractivity contribution is 6.43. The zero-order valence-corrected chi connectivity index (χ0v) is 16.4. The summed E-state index contributed by atoms with van der Waals surface area (Å²) in [5, 5.41) is 3.12. The number of Topliss-reactive ketones (excluding diaryl/α,β-unsaturated/α-hetero) is 1. The number of carbonyl (C=O) groups is 3. The average Bonchev–Trinajstić information content (AvgIpc) is 2.71. The van der Waals surface area contributed by atoms with Crippen molar-refractivity contribution in [2.24, 2.45) is 0 Å². The van der Waals surface area contributed by atoms with E-state index < -0.39 is 11.7 Å². The van der Waals surface area contributed by atoms with Crippen molar-refractivity contribution in [2.75, 3.05) is 37.6 Å². The lowest BCUT2D eigenvalue weighted by molar-refractivity contribution is -0.132. The van der Waals surface area contributed by atoms with E-state index in [1.165, 1.54) is 0 Å². The van der Waals surface area contributed by atoms with E-state index in [1.54, 1.807) is 36.1 Å². The van der Waals surface area contributed by atoms with Crippen molar-refractivity contribution in [1.82, 2.24) is 10.2 Å². The van der Waals surface area contributed by atoms with Gasteiger partial charge in [0, 0.05) is 42.5 Å². The van der Waals surface area contributed by atoms with E-state index in [4.69, 9.17) is 11.6 Å². The predicted octanol–water partition coefficient (Wildman–Crippen LogP) is 2.30. The lowest BCUT2D eigenvalue weighted by Gasteiger charge is -2.36. The van der Waals surface area contributed by atoms with Crippen molar-refractivity contribution < 1.29 is 14.4 Å². The van der Waals surface area contributed by atoms with Crippen LogP contribution in [0.3, 0.4) is 0 Å². The molecule has 7 heteroatoms. The minimum atomic E-state index is -0.764. The third kappa shape index (κ3) is 4.70. The molecule has 1 fully saturated rings. The highest BCUT2D eigenvalue weighted by atomic mass is 35.5. The molecule has 1 aliphatic rings. The maximum absolute atomic E-state index is 12.4. The third-order valence-corrected chi connectivity index (χ3v) is 5.04. The van der Waals surface area contributed by atoms with Gasteiger partial charge in [-0.2, -0.15) is 0 Å². The van der Waals surface area contributed by atoms with Crippen LogP contribution in [0.1, 0.15) is 15.9 Å². The number of anilines is 1. The van der Waals surface area contributed by atoms with Crippen molar-refractivity contribution in [1.29, 1.82) is 0 Å². The van der Waals surface area contributed by atoms with Crippen LogP contribution in [0.4, 0.5) is 5.69 Å². The Labute approximate surface area is 169 Å². The number of hydrogen-bond donors (Lipinski definition) is 1. The Balaban J connectivity index is 1.49. The van der Waals surface area contributed by atoms with E-state index in [2.05, 4.69) is 10.2 Å². The maximum Gasteiger partial charge on any atom is 0.292 e. The summed E-state index contributed by atoms with van der Waals surface area (Å²) in [4.78, 5) is 40.6. The maximum atomic E-state index is 12.4. The van der Waals surface area contributed by atoms with Crippen LogP contribution in [0.25, 0.3) is 0 Å². The highest BCUT2D eigenvalue weighted by Gasteiger charge is 2.23.